The van der Waals surface area contributed by atoms with Crippen molar-refractivity contribution in [2.24, 2.45) is 0 Å². The molecule has 1 aliphatic carbocycles. The van der Waals surface area contributed by atoms with Crippen molar-refractivity contribution in [2.45, 2.75) is 62.0 Å². The lowest BCUT2D eigenvalue weighted by Crippen LogP contribution is -2.55. The summed E-state index contributed by atoms with van der Waals surface area (Å²) in [7, 11) is -4.31. The van der Waals surface area contributed by atoms with E-state index in [0.29, 0.717) is 15.6 Å². The second-order valence-corrected chi connectivity index (χ2v) is 15.3. The zero-order valence-electron chi connectivity index (χ0n) is 26.0. The van der Waals surface area contributed by atoms with E-state index in [1.54, 1.807) is 36.4 Å². The molecule has 1 aliphatic rings. The summed E-state index contributed by atoms with van der Waals surface area (Å²) in [6, 6.07) is 25.5. The number of carbonyl (C=O) groups is 2. The Hall–Kier alpha value is -3.27. The quantitative estimate of drug-likeness (QED) is 0.157. The third kappa shape index (κ3) is 9.04. The first-order valence-corrected chi connectivity index (χ1v) is 18.6. The number of hydrogen-bond acceptors (Lipinski definition) is 4. The predicted molar refractivity (Wildman–Crippen MR) is 193 cm³/mol. The number of rotatable bonds is 12. The summed E-state index contributed by atoms with van der Waals surface area (Å²) in [4.78, 5) is 30.3. The van der Waals surface area contributed by atoms with Crippen LogP contribution >= 0.6 is 46.4 Å². The van der Waals surface area contributed by atoms with Gasteiger partial charge in [0.05, 0.1) is 25.7 Å². The molecule has 4 aromatic carbocycles. The summed E-state index contributed by atoms with van der Waals surface area (Å²) in [6.45, 7) is -0.694. The first kappa shape index (κ1) is 36.0. The van der Waals surface area contributed by atoms with E-state index in [2.05, 4.69) is 5.32 Å². The summed E-state index contributed by atoms with van der Waals surface area (Å²) in [5.74, 6) is -0.938. The number of amides is 2. The van der Waals surface area contributed by atoms with Gasteiger partial charge in [0, 0.05) is 24.0 Å². The fourth-order valence-corrected chi connectivity index (χ4v) is 8.18. The fourth-order valence-electron chi connectivity index (χ4n) is 5.85. The molecular formula is C36H35Cl4N3O4S. The molecule has 0 spiro atoms. The molecule has 0 aromatic heterocycles. The summed E-state index contributed by atoms with van der Waals surface area (Å²) in [5.41, 5.74) is 1.52. The maximum atomic E-state index is 14.7. The third-order valence-corrected chi connectivity index (χ3v) is 11.4. The maximum Gasteiger partial charge on any atom is 0.264 e. The molecule has 7 nitrogen and oxygen atoms in total. The van der Waals surface area contributed by atoms with Crippen LogP contribution in [0.2, 0.25) is 20.1 Å². The van der Waals surface area contributed by atoms with Gasteiger partial charge in [0.15, 0.2) is 0 Å². The standard InChI is InChI=1S/C36H35Cl4N3O4S/c37-27-17-19-33(32(40)22-27)43(48(46,47)29-14-8-3-9-15-29)24-35(44)42(23-26-16-18-30(38)31(39)20-26)34(21-25-10-4-1-5-11-25)36(45)41-28-12-6-2-7-13-28/h1,3-5,8-11,14-20,22,28,34H,2,6-7,12-13,21,23-24H2,(H,41,45)/t34-/m1/s1. The van der Waals surface area contributed by atoms with Gasteiger partial charge in [-0.3, -0.25) is 13.9 Å². The fraction of sp³-hybridized carbons (Fsp3) is 0.278. The molecule has 0 unspecified atom stereocenters. The lowest BCUT2D eigenvalue weighted by molar-refractivity contribution is -0.140. The average molecular weight is 748 g/mol. The van der Waals surface area contributed by atoms with Crippen LogP contribution in [0.15, 0.2) is 102 Å². The van der Waals surface area contributed by atoms with Crippen molar-refractivity contribution in [1.82, 2.24) is 10.2 Å². The van der Waals surface area contributed by atoms with Gasteiger partial charge in [-0.2, -0.15) is 0 Å². The molecule has 1 saturated carbocycles. The van der Waals surface area contributed by atoms with E-state index in [9.17, 15) is 18.0 Å². The molecule has 1 N–H and O–H groups in total. The normalized spacial score (nSPS) is 14.2. The lowest BCUT2D eigenvalue weighted by Gasteiger charge is -2.35. The Balaban J connectivity index is 1.59. The smallest absolute Gasteiger partial charge is 0.264 e. The number of benzene rings is 4. The van der Waals surface area contributed by atoms with Crippen LogP contribution in [0.3, 0.4) is 0 Å². The van der Waals surface area contributed by atoms with Crippen LogP contribution in [0.1, 0.15) is 43.2 Å². The van der Waals surface area contributed by atoms with E-state index in [-0.39, 0.29) is 45.5 Å². The topological polar surface area (TPSA) is 86.8 Å². The predicted octanol–water partition coefficient (Wildman–Crippen LogP) is 8.58. The van der Waals surface area contributed by atoms with Gasteiger partial charge in [0.1, 0.15) is 12.6 Å². The van der Waals surface area contributed by atoms with Crippen molar-refractivity contribution in [3.63, 3.8) is 0 Å². The Labute approximate surface area is 301 Å². The zero-order chi connectivity index (χ0) is 34.3. The zero-order valence-corrected chi connectivity index (χ0v) is 29.8. The van der Waals surface area contributed by atoms with Crippen molar-refractivity contribution in [1.29, 1.82) is 0 Å². The van der Waals surface area contributed by atoms with Gasteiger partial charge in [0.25, 0.3) is 10.0 Å². The second-order valence-electron chi connectivity index (χ2n) is 11.7. The first-order valence-electron chi connectivity index (χ1n) is 15.6. The van der Waals surface area contributed by atoms with E-state index >= 15 is 0 Å². The molecule has 0 saturated heterocycles. The number of carbonyl (C=O) groups excluding carboxylic acids is 2. The molecule has 4 aromatic rings. The third-order valence-electron chi connectivity index (χ3n) is 8.35. The highest BCUT2D eigenvalue weighted by Crippen LogP contribution is 2.33. The largest absolute Gasteiger partial charge is 0.352 e. The SMILES string of the molecule is O=C(NC1CCCCC1)[C@@H](Cc1ccccc1)N(Cc1ccc(Cl)c(Cl)c1)C(=O)CN(c1ccc(Cl)cc1Cl)S(=O)(=O)c1ccccc1. The van der Waals surface area contributed by atoms with Crippen LogP contribution in [0, 0.1) is 0 Å². The molecule has 1 atom stereocenters. The van der Waals surface area contributed by atoms with Crippen LogP contribution in [0.25, 0.3) is 0 Å². The maximum absolute atomic E-state index is 14.7. The number of sulfonamides is 1. The van der Waals surface area contributed by atoms with Crippen LogP contribution < -0.4 is 9.62 Å². The van der Waals surface area contributed by atoms with E-state index in [0.717, 1.165) is 42.0 Å². The number of nitrogens with one attached hydrogen (secondary N) is 1. The van der Waals surface area contributed by atoms with Crippen LogP contribution in [0.5, 0.6) is 0 Å². The van der Waals surface area contributed by atoms with Gasteiger partial charge in [-0.1, -0.05) is 120 Å². The average Bonchev–Trinajstić information content (AvgIpc) is 3.08. The van der Waals surface area contributed by atoms with Crippen LogP contribution in [-0.2, 0) is 32.6 Å². The number of nitrogens with zero attached hydrogens (tertiary/aromatic N) is 2. The van der Waals surface area contributed by atoms with Crippen molar-refractivity contribution in [2.75, 3.05) is 10.8 Å². The van der Waals surface area contributed by atoms with Crippen LogP contribution in [-0.4, -0.2) is 43.8 Å². The van der Waals surface area contributed by atoms with Crippen molar-refractivity contribution in [3.05, 3.63) is 128 Å². The molecule has 0 bridgehead atoms. The highest BCUT2D eigenvalue weighted by Gasteiger charge is 2.36. The summed E-state index contributed by atoms with van der Waals surface area (Å²) < 4.78 is 29.3. The van der Waals surface area contributed by atoms with Gasteiger partial charge in [-0.15, -0.1) is 0 Å². The Morgan fingerprint density at radius 3 is 2.06 bits per heavy atom. The van der Waals surface area contributed by atoms with E-state index in [4.69, 9.17) is 46.4 Å². The summed E-state index contributed by atoms with van der Waals surface area (Å²) in [5, 5.41) is 4.16. The molecule has 2 amide bonds. The summed E-state index contributed by atoms with van der Waals surface area (Å²) >= 11 is 25.3. The first-order chi connectivity index (χ1) is 23.0. The number of halogens is 4. The highest BCUT2D eigenvalue weighted by atomic mass is 35.5. The number of hydrogen-bond donors (Lipinski definition) is 1. The summed E-state index contributed by atoms with van der Waals surface area (Å²) in [6.07, 6.45) is 5.02. The molecule has 12 heteroatoms. The van der Waals surface area contributed by atoms with E-state index in [1.165, 1.54) is 35.2 Å². The second kappa shape index (κ2) is 16.4. The Morgan fingerprint density at radius 2 is 1.42 bits per heavy atom. The minimum Gasteiger partial charge on any atom is -0.352 e. The van der Waals surface area contributed by atoms with Crippen molar-refractivity contribution in [3.8, 4) is 0 Å². The molecule has 0 heterocycles. The van der Waals surface area contributed by atoms with Gasteiger partial charge in [-0.25, -0.2) is 8.42 Å². The Morgan fingerprint density at radius 1 is 0.750 bits per heavy atom. The Bertz CT molecular complexity index is 1840. The minimum atomic E-state index is -4.31. The number of anilines is 1. The molecule has 252 valence electrons. The minimum absolute atomic E-state index is 0.0192. The van der Waals surface area contributed by atoms with Gasteiger partial charge >= 0.3 is 0 Å². The van der Waals surface area contributed by atoms with Crippen molar-refractivity contribution >= 4 is 73.9 Å². The molecule has 0 aliphatic heterocycles. The van der Waals surface area contributed by atoms with Gasteiger partial charge < -0.3 is 10.2 Å². The monoisotopic (exact) mass is 745 g/mol. The van der Waals surface area contributed by atoms with Crippen LogP contribution in [0.4, 0.5) is 5.69 Å². The molecule has 48 heavy (non-hydrogen) atoms. The van der Waals surface area contributed by atoms with Gasteiger partial charge in [-0.05, 0) is 66.4 Å². The Kier molecular flexibility index (Phi) is 12.3. The van der Waals surface area contributed by atoms with E-state index in [1.807, 2.05) is 30.3 Å². The lowest BCUT2D eigenvalue weighted by atomic mass is 9.94. The van der Waals surface area contributed by atoms with Gasteiger partial charge in [0.2, 0.25) is 11.8 Å². The van der Waals surface area contributed by atoms with Crippen molar-refractivity contribution < 1.29 is 18.0 Å². The highest BCUT2D eigenvalue weighted by molar-refractivity contribution is 7.92. The molecule has 5 rings (SSSR count). The van der Waals surface area contributed by atoms with E-state index < -0.39 is 28.5 Å². The molecule has 0 radical (unpaired) electrons. The molecular weight excluding hydrogens is 712 g/mol. The molecule has 1 fully saturated rings.